The van der Waals surface area contributed by atoms with Gasteiger partial charge in [0.1, 0.15) is 0 Å². The monoisotopic (exact) mass is 373 g/mol. The summed E-state index contributed by atoms with van der Waals surface area (Å²) in [5.74, 6) is 0.659. The maximum absolute atomic E-state index is 12.2. The number of halogens is 1. The number of carbonyl (C=O) groups is 1. The van der Waals surface area contributed by atoms with Crippen LogP contribution in [0.25, 0.3) is 0 Å². The number of rotatable bonds is 5. The molecule has 2 rings (SSSR count). The number of anilines is 2. The number of nitrogens with one attached hydrogen (secondary N) is 2. The molecule has 1 heterocycles. The van der Waals surface area contributed by atoms with Crippen LogP contribution in [0.15, 0.2) is 18.2 Å². The first-order valence-electron chi connectivity index (χ1n) is 8.14. The lowest BCUT2D eigenvalue weighted by Gasteiger charge is -2.29. The molecule has 8 heteroatoms. The molecule has 6 nitrogen and oxygen atoms in total. The standard InChI is InChI=1S/C16H24ClN3O3S/c1-12(2)7-8-18-16(21)19-13-5-6-15(14(17)11-13)20-9-3-4-10-24(20,22)23/h5-6,11-12H,3-4,7-10H2,1-2H3,(H2,18,19,21). The molecule has 2 amide bonds. The van der Waals surface area contributed by atoms with Gasteiger partial charge in [-0.15, -0.1) is 0 Å². The van der Waals surface area contributed by atoms with Crippen LogP contribution in [0.4, 0.5) is 16.2 Å². The molecule has 2 N–H and O–H groups in total. The Balaban J connectivity index is 2.03. The van der Waals surface area contributed by atoms with Crippen LogP contribution in [-0.4, -0.2) is 33.3 Å². The van der Waals surface area contributed by atoms with Crippen molar-refractivity contribution in [2.75, 3.05) is 28.5 Å². The van der Waals surface area contributed by atoms with E-state index < -0.39 is 10.0 Å². The molecule has 0 spiro atoms. The molecule has 0 atom stereocenters. The van der Waals surface area contributed by atoms with E-state index in [1.807, 2.05) is 0 Å². The summed E-state index contributed by atoms with van der Waals surface area (Å²) in [6, 6.07) is 4.57. The van der Waals surface area contributed by atoms with Gasteiger partial charge in [0.15, 0.2) is 0 Å². The molecule has 0 radical (unpaired) electrons. The number of hydrogen-bond donors (Lipinski definition) is 2. The second kappa shape index (κ2) is 8.07. The van der Waals surface area contributed by atoms with Gasteiger partial charge >= 0.3 is 6.03 Å². The fourth-order valence-corrected chi connectivity index (χ4v) is 4.48. The van der Waals surface area contributed by atoms with E-state index in [0.29, 0.717) is 41.8 Å². The molecular formula is C16H24ClN3O3S. The molecule has 1 aliphatic rings. The number of hydrogen-bond acceptors (Lipinski definition) is 3. The van der Waals surface area contributed by atoms with Crippen molar-refractivity contribution in [3.63, 3.8) is 0 Å². The first-order chi connectivity index (χ1) is 11.3. The lowest BCUT2D eigenvalue weighted by Crippen LogP contribution is -2.38. The van der Waals surface area contributed by atoms with Crippen LogP contribution < -0.4 is 14.9 Å². The third kappa shape index (κ3) is 5.01. The van der Waals surface area contributed by atoms with Gasteiger partial charge in [0.25, 0.3) is 0 Å². The molecule has 1 aromatic rings. The third-order valence-electron chi connectivity index (χ3n) is 3.83. The maximum atomic E-state index is 12.2. The Bertz CT molecular complexity index is 692. The van der Waals surface area contributed by atoms with E-state index in [-0.39, 0.29) is 11.8 Å². The van der Waals surface area contributed by atoms with E-state index in [9.17, 15) is 13.2 Å². The zero-order chi connectivity index (χ0) is 17.7. The summed E-state index contributed by atoms with van der Waals surface area (Å²) in [6.07, 6.45) is 2.39. The molecule has 1 fully saturated rings. The molecule has 0 bridgehead atoms. The van der Waals surface area contributed by atoms with E-state index >= 15 is 0 Å². The SMILES string of the molecule is CC(C)CCNC(=O)Nc1ccc(N2CCCCS2(=O)=O)c(Cl)c1. The summed E-state index contributed by atoms with van der Waals surface area (Å²) in [5.41, 5.74) is 0.988. The second-order valence-electron chi connectivity index (χ2n) is 6.32. The Morgan fingerprint density at radius 3 is 2.71 bits per heavy atom. The zero-order valence-electron chi connectivity index (χ0n) is 14.0. The highest BCUT2D eigenvalue weighted by Crippen LogP contribution is 2.32. The molecule has 0 aromatic heterocycles. The quantitative estimate of drug-likeness (QED) is 0.829. The normalized spacial score (nSPS) is 16.9. The van der Waals surface area contributed by atoms with Crippen LogP contribution in [0.2, 0.25) is 5.02 Å². The summed E-state index contributed by atoms with van der Waals surface area (Å²) >= 11 is 6.24. The summed E-state index contributed by atoms with van der Waals surface area (Å²) in [6.45, 7) is 5.21. The van der Waals surface area contributed by atoms with E-state index in [0.717, 1.165) is 12.8 Å². The minimum absolute atomic E-state index is 0.140. The molecule has 0 aliphatic carbocycles. The summed E-state index contributed by atoms with van der Waals surface area (Å²) in [4.78, 5) is 11.8. The molecule has 1 aromatic carbocycles. The Morgan fingerprint density at radius 1 is 1.33 bits per heavy atom. The number of carbonyl (C=O) groups excluding carboxylic acids is 1. The van der Waals surface area contributed by atoms with Gasteiger partial charge < -0.3 is 10.6 Å². The van der Waals surface area contributed by atoms with Crippen LogP contribution in [0.5, 0.6) is 0 Å². The van der Waals surface area contributed by atoms with Gasteiger partial charge in [-0.2, -0.15) is 0 Å². The van der Waals surface area contributed by atoms with Crippen molar-refractivity contribution in [2.45, 2.75) is 33.1 Å². The van der Waals surface area contributed by atoms with Gasteiger partial charge in [-0.1, -0.05) is 25.4 Å². The van der Waals surface area contributed by atoms with Crippen LogP contribution in [0, 0.1) is 5.92 Å². The highest BCUT2D eigenvalue weighted by atomic mass is 35.5. The highest BCUT2D eigenvalue weighted by Gasteiger charge is 2.27. The van der Waals surface area contributed by atoms with E-state index in [1.165, 1.54) is 4.31 Å². The first-order valence-corrected chi connectivity index (χ1v) is 10.1. The first kappa shape index (κ1) is 18.9. The second-order valence-corrected chi connectivity index (χ2v) is 8.74. The predicted octanol–water partition coefficient (Wildman–Crippen LogP) is 3.44. The zero-order valence-corrected chi connectivity index (χ0v) is 15.6. The molecule has 1 aliphatic heterocycles. The van der Waals surface area contributed by atoms with Crippen molar-refractivity contribution in [3.05, 3.63) is 23.2 Å². The van der Waals surface area contributed by atoms with Crippen LogP contribution in [0.1, 0.15) is 33.1 Å². The van der Waals surface area contributed by atoms with Crippen LogP contribution in [0.3, 0.4) is 0 Å². The summed E-state index contributed by atoms with van der Waals surface area (Å²) in [5, 5.41) is 5.78. The Kier molecular flexibility index (Phi) is 6.34. The van der Waals surface area contributed by atoms with Gasteiger partial charge in [-0.25, -0.2) is 13.2 Å². The van der Waals surface area contributed by atoms with Crippen molar-refractivity contribution < 1.29 is 13.2 Å². The van der Waals surface area contributed by atoms with Crippen LogP contribution >= 0.6 is 11.6 Å². The van der Waals surface area contributed by atoms with Gasteiger partial charge in [0.05, 0.1) is 16.5 Å². The fourth-order valence-electron chi connectivity index (χ4n) is 2.50. The van der Waals surface area contributed by atoms with Crippen molar-refractivity contribution >= 4 is 39.0 Å². The lowest BCUT2D eigenvalue weighted by atomic mass is 10.1. The van der Waals surface area contributed by atoms with Gasteiger partial charge in [0.2, 0.25) is 10.0 Å². The van der Waals surface area contributed by atoms with Crippen molar-refractivity contribution in [1.82, 2.24) is 5.32 Å². The lowest BCUT2D eigenvalue weighted by molar-refractivity contribution is 0.251. The largest absolute Gasteiger partial charge is 0.338 e. The van der Waals surface area contributed by atoms with Crippen LogP contribution in [-0.2, 0) is 10.0 Å². The molecule has 0 unspecified atom stereocenters. The average Bonchev–Trinajstić information content (AvgIpc) is 2.47. The van der Waals surface area contributed by atoms with Crippen molar-refractivity contribution in [1.29, 1.82) is 0 Å². The Labute approximate surface area is 148 Å². The van der Waals surface area contributed by atoms with Gasteiger partial charge in [-0.05, 0) is 43.4 Å². The highest BCUT2D eigenvalue weighted by molar-refractivity contribution is 7.92. The Hall–Kier alpha value is -1.47. The van der Waals surface area contributed by atoms with E-state index in [1.54, 1.807) is 18.2 Å². The topological polar surface area (TPSA) is 78.5 Å². The molecule has 24 heavy (non-hydrogen) atoms. The number of benzene rings is 1. The minimum Gasteiger partial charge on any atom is -0.338 e. The third-order valence-corrected chi connectivity index (χ3v) is 5.99. The molecular weight excluding hydrogens is 350 g/mol. The molecule has 134 valence electrons. The average molecular weight is 374 g/mol. The summed E-state index contributed by atoms with van der Waals surface area (Å²) < 4.78 is 25.7. The maximum Gasteiger partial charge on any atom is 0.319 e. The number of sulfonamides is 1. The predicted molar refractivity (Wildman–Crippen MR) is 98.3 cm³/mol. The van der Waals surface area contributed by atoms with Crippen molar-refractivity contribution in [3.8, 4) is 0 Å². The minimum atomic E-state index is -3.31. The number of amides is 2. The van der Waals surface area contributed by atoms with Gasteiger partial charge in [0, 0.05) is 18.8 Å². The van der Waals surface area contributed by atoms with Crippen molar-refractivity contribution in [2.24, 2.45) is 5.92 Å². The van der Waals surface area contributed by atoms with E-state index in [2.05, 4.69) is 24.5 Å². The van der Waals surface area contributed by atoms with E-state index in [4.69, 9.17) is 11.6 Å². The smallest absolute Gasteiger partial charge is 0.319 e. The summed E-state index contributed by atoms with van der Waals surface area (Å²) in [7, 11) is -3.31. The molecule has 0 saturated carbocycles. The number of urea groups is 1. The Morgan fingerprint density at radius 2 is 2.08 bits per heavy atom. The van der Waals surface area contributed by atoms with Gasteiger partial charge in [-0.3, -0.25) is 4.31 Å². The fraction of sp³-hybridized carbons (Fsp3) is 0.562. The number of nitrogens with zero attached hydrogens (tertiary/aromatic N) is 1. The molecule has 1 saturated heterocycles.